The van der Waals surface area contributed by atoms with Gasteiger partial charge in [-0.2, -0.15) is 0 Å². The second kappa shape index (κ2) is 5.40. The van der Waals surface area contributed by atoms with Crippen LogP contribution in [0.3, 0.4) is 0 Å². The van der Waals surface area contributed by atoms with Crippen molar-refractivity contribution in [2.75, 3.05) is 13.2 Å². The first-order valence-electron chi connectivity index (χ1n) is 6.57. The van der Waals surface area contributed by atoms with Crippen LogP contribution in [0.1, 0.15) is 12.8 Å². The van der Waals surface area contributed by atoms with E-state index >= 15 is 0 Å². The van der Waals surface area contributed by atoms with Crippen molar-refractivity contribution in [1.29, 1.82) is 0 Å². The summed E-state index contributed by atoms with van der Waals surface area (Å²) < 4.78 is 15.8. The van der Waals surface area contributed by atoms with Crippen LogP contribution in [-0.4, -0.2) is 37.2 Å². The van der Waals surface area contributed by atoms with Gasteiger partial charge < -0.3 is 19.5 Å². The summed E-state index contributed by atoms with van der Waals surface area (Å²) in [5.41, 5.74) is 0. The Hall–Kier alpha value is -2.24. The molecule has 1 N–H and O–H groups in total. The van der Waals surface area contributed by atoms with Crippen molar-refractivity contribution in [2.45, 2.75) is 25.0 Å². The first kappa shape index (κ1) is 12.8. The van der Waals surface area contributed by atoms with Gasteiger partial charge in [-0.1, -0.05) is 12.1 Å². The molecule has 0 spiro atoms. The summed E-state index contributed by atoms with van der Waals surface area (Å²) in [5, 5.41) is 2.74. The SMILES string of the molecule is O=C(COC(=O)[C@@H]1COc2ccccc2O1)NC1CC1. The van der Waals surface area contributed by atoms with Crippen molar-refractivity contribution in [2.24, 2.45) is 0 Å². The van der Waals surface area contributed by atoms with Gasteiger partial charge in [-0.05, 0) is 25.0 Å². The molecule has 1 amide bonds. The highest BCUT2D eigenvalue weighted by atomic mass is 16.6. The maximum Gasteiger partial charge on any atom is 0.351 e. The summed E-state index contributed by atoms with van der Waals surface area (Å²) in [5.74, 6) is 0.231. The summed E-state index contributed by atoms with van der Waals surface area (Å²) >= 11 is 0. The number of hydrogen-bond donors (Lipinski definition) is 1. The number of fused-ring (bicyclic) bond motifs is 1. The number of ether oxygens (including phenoxy) is 3. The number of nitrogens with one attached hydrogen (secondary N) is 1. The summed E-state index contributed by atoms with van der Waals surface area (Å²) in [4.78, 5) is 23.2. The Bertz CT molecular complexity index is 526. The van der Waals surface area contributed by atoms with Crippen LogP contribution >= 0.6 is 0 Å². The Morgan fingerprint density at radius 1 is 1.25 bits per heavy atom. The first-order valence-corrected chi connectivity index (χ1v) is 6.57. The summed E-state index contributed by atoms with van der Waals surface area (Å²) in [6.07, 6.45) is 1.16. The van der Waals surface area contributed by atoms with E-state index in [1.54, 1.807) is 18.2 Å². The molecule has 1 aromatic rings. The van der Waals surface area contributed by atoms with E-state index in [4.69, 9.17) is 14.2 Å². The molecule has 1 fully saturated rings. The van der Waals surface area contributed by atoms with E-state index in [-0.39, 0.29) is 25.2 Å². The fourth-order valence-electron chi connectivity index (χ4n) is 1.86. The Morgan fingerprint density at radius 3 is 2.75 bits per heavy atom. The van der Waals surface area contributed by atoms with E-state index in [0.717, 1.165) is 12.8 Å². The van der Waals surface area contributed by atoms with Crippen molar-refractivity contribution in [3.8, 4) is 11.5 Å². The molecule has 1 aromatic carbocycles. The molecule has 6 heteroatoms. The third-order valence-corrected chi connectivity index (χ3v) is 3.06. The molecule has 6 nitrogen and oxygen atoms in total. The molecule has 2 aliphatic rings. The maximum atomic E-state index is 11.8. The molecule has 20 heavy (non-hydrogen) atoms. The number of amides is 1. The number of esters is 1. The van der Waals surface area contributed by atoms with E-state index < -0.39 is 12.1 Å². The number of carbonyl (C=O) groups excluding carboxylic acids is 2. The van der Waals surface area contributed by atoms with Gasteiger partial charge >= 0.3 is 5.97 Å². The topological polar surface area (TPSA) is 73.9 Å². The van der Waals surface area contributed by atoms with Crippen molar-refractivity contribution in [3.63, 3.8) is 0 Å². The van der Waals surface area contributed by atoms with Crippen LogP contribution < -0.4 is 14.8 Å². The molecular formula is C14H15NO5. The maximum absolute atomic E-state index is 11.8. The van der Waals surface area contributed by atoms with Crippen LogP contribution in [0.2, 0.25) is 0 Å². The molecule has 0 radical (unpaired) electrons. The lowest BCUT2D eigenvalue weighted by atomic mass is 10.2. The zero-order chi connectivity index (χ0) is 13.9. The normalized spacial score (nSPS) is 20.1. The number of carbonyl (C=O) groups is 2. The third kappa shape index (κ3) is 3.01. The highest BCUT2D eigenvalue weighted by molar-refractivity contribution is 5.82. The third-order valence-electron chi connectivity index (χ3n) is 3.06. The Morgan fingerprint density at radius 2 is 2.00 bits per heavy atom. The fourth-order valence-corrected chi connectivity index (χ4v) is 1.86. The van der Waals surface area contributed by atoms with Gasteiger partial charge in [0, 0.05) is 6.04 Å². The summed E-state index contributed by atoms with van der Waals surface area (Å²) in [6.45, 7) is -0.197. The molecule has 0 unspecified atom stereocenters. The molecule has 3 rings (SSSR count). The van der Waals surface area contributed by atoms with E-state index in [9.17, 15) is 9.59 Å². The molecule has 1 aliphatic carbocycles. The number of hydrogen-bond acceptors (Lipinski definition) is 5. The fraction of sp³-hybridized carbons (Fsp3) is 0.429. The van der Waals surface area contributed by atoms with E-state index in [2.05, 4.69) is 5.32 Å². The van der Waals surface area contributed by atoms with Crippen LogP contribution in [0.25, 0.3) is 0 Å². The van der Waals surface area contributed by atoms with Crippen LogP contribution in [0.15, 0.2) is 24.3 Å². The molecular weight excluding hydrogens is 262 g/mol. The minimum atomic E-state index is -0.835. The van der Waals surface area contributed by atoms with Crippen LogP contribution in [0.4, 0.5) is 0 Å². The van der Waals surface area contributed by atoms with E-state index in [0.29, 0.717) is 11.5 Å². The van der Waals surface area contributed by atoms with Crippen LogP contribution in [0.5, 0.6) is 11.5 Å². The number of para-hydroxylation sites is 2. The monoisotopic (exact) mass is 277 g/mol. The summed E-state index contributed by atoms with van der Waals surface area (Å²) in [6, 6.07) is 7.35. The van der Waals surface area contributed by atoms with Crippen molar-refractivity contribution in [3.05, 3.63) is 24.3 Å². The average Bonchev–Trinajstić information content (AvgIpc) is 3.28. The lowest BCUT2D eigenvalue weighted by molar-refractivity contribution is -0.157. The van der Waals surface area contributed by atoms with Gasteiger partial charge in [-0.25, -0.2) is 4.79 Å². The highest BCUT2D eigenvalue weighted by Gasteiger charge is 2.29. The van der Waals surface area contributed by atoms with E-state index in [1.165, 1.54) is 0 Å². The molecule has 1 atom stereocenters. The minimum absolute atomic E-state index is 0.0834. The van der Waals surface area contributed by atoms with Crippen LogP contribution in [-0.2, 0) is 14.3 Å². The van der Waals surface area contributed by atoms with Gasteiger partial charge in [0.25, 0.3) is 5.91 Å². The second-order valence-corrected chi connectivity index (χ2v) is 4.81. The van der Waals surface area contributed by atoms with Crippen molar-refractivity contribution >= 4 is 11.9 Å². The average molecular weight is 277 g/mol. The summed E-state index contributed by atoms with van der Waals surface area (Å²) in [7, 11) is 0. The molecule has 1 aliphatic heterocycles. The Labute approximate surface area is 116 Å². The molecule has 0 bridgehead atoms. The Kier molecular flexibility index (Phi) is 3.45. The molecule has 1 saturated carbocycles. The smallest absolute Gasteiger partial charge is 0.351 e. The van der Waals surface area contributed by atoms with Gasteiger partial charge in [0.15, 0.2) is 18.1 Å². The zero-order valence-electron chi connectivity index (χ0n) is 10.8. The lowest BCUT2D eigenvalue weighted by Crippen LogP contribution is -2.40. The molecule has 0 aromatic heterocycles. The standard InChI is InChI=1S/C14H15NO5/c16-13(15-9-5-6-9)8-19-14(17)12-7-18-10-3-1-2-4-11(10)20-12/h1-4,9,12H,5-8H2,(H,15,16)/t12-/m0/s1. The Balaban J connectivity index is 1.49. The van der Waals surface area contributed by atoms with Gasteiger partial charge in [0.05, 0.1) is 0 Å². The molecule has 1 heterocycles. The first-order chi connectivity index (χ1) is 9.72. The van der Waals surface area contributed by atoms with Gasteiger partial charge in [0.1, 0.15) is 6.61 Å². The van der Waals surface area contributed by atoms with Crippen molar-refractivity contribution in [1.82, 2.24) is 5.32 Å². The minimum Gasteiger partial charge on any atom is -0.485 e. The van der Waals surface area contributed by atoms with Crippen LogP contribution in [0, 0.1) is 0 Å². The molecule has 0 saturated heterocycles. The van der Waals surface area contributed by atoms with Gasteiger partial charge in [-0.15, -0.1) is 0 Å². The quantitative estimate of drug-likeness (QED) is 0.818. The second-order valence-electron chi connectivity index (χ2n) is 4.81. The number of rotatable bonds is 4. The van der Waals surface area contributed by atoms with Gasteiger partial charge in [0.2, 0.25) is 6.10 Å². The zero-order valence-corrected chi connectivity index (χ0v) is 10.8. The van der Waals surface area contributed by atoms with E-state index in [1.807, 2.05) is 6.07 Å². The van der Waals surface area contributed by atoms with Crippen molar-refractivity contribution < 1.29 is 23.8 Å². The predicted molar refractivity (Wildman–Crippen MR) is 68.5 cm³/mol. The number of benzene rings is 1. The molecule has 106 valence electrons. The predicted octanol–water partition coefficient (Wildman–Crippen LogP) is 0.648. The van der Waals surface area contributed by atoms with Gasteiger partial charge in [-0.3, -0.25) is 4.79 Å². The lowest BCUT2D eigenvalue weighted by Gasteiger charge is -2.24. The largest absolute Gasteiger partial charge is 0.485 e. The highest BCUT2D eigenvalue weighted by Crippen LogP contribution is 2.31.